The highest BCUT2D eigenvalue weighted by atomic mass is 16.7. The molecule has 2 N–H and O–H groups in total. The van der Waals surface area contributed by atoms with Crippen molar-refractivity contribution in [3.8, 4) is 11.5 Å². The third-order valence-corrected chi connectivity index (χ3v) is 4.04. The monoisotopic (exact) mass is 347 g/mol. The minimum atomic E-state index is -1.26. The zero-order chi connectivity index (χ0) is 18.4. The van der Waals surface area contributed by atoms with Crippen LogP contribution < -0.4 is 20.1 Å². The number of nitrogens with one attached hydrogen (secondary N) is 2. The topological polar surface area (TPSA) is 97.0 Å². The number of fused-ring (bicyclic) bond motifs is 1. The van der Waals surface area contributed by atoms with E-state index in [-0.39, 0.29) is 13.3 Å². The summed E-state index contributed by atoms with van der Waals surface area (Å²) in [5.41, 5.74) is -1.15. The van der Waals surface area contributed by atoms with Crippen LogP contribution in [0.2, 0.25) is 0 Å². The van der Waals surface area contributed by atoms with Crippen LogP contribution in [0, 0.1) is 0 Å². The lowest BCUT2D eigenvalue weighted by Gasteiger charge is -2.24. The number of urea groups is 1. The molecule has 0 aromatic heterocycles. The fourth-order valence-electron chi connectivity index (χ4n) is 2.85. The summed E-state index contributed by atoms with van der Waals surface area (Å²) in [5.74, 6) is 0.224. The summed E-state index contributed by atoms with van der Waals surface area (Å²) in [6.45, 7) is 6.87. The van der Waals surface area contributed by atoms with Gasteiger partial charge in [0.2, 0.25) is 12.7 Å². The first-order valence-corrected chi connectivity index (χ1v) is 7.95. The third kappa shape index (κ3) is 3.11. The smallest absolute Gasteiger partial charge is 0.325 e. The number of carbonyl (C=O) groups is 3. The third-order valence-electron chi connectivity index (χ3n) is 4.04. The van der Waals surface area contributed by atoms with E-state index in [4.69, 9.17) is 9.47 Å². The van der Waals surface area contributed by atoms with E-state index in [1.807, 2.05) is 20.8 Å². The molecule has 2 aliphatic heterocycles. The van der Waals surface area contributed by atoms with Gasteiger partial charge in [-0.3, -0.25) is 14.5 Å². The Balaban J connectivity index is 1.81. The second-order valence-corrected chi connectivity index (χ2v) is 7.31. The lowest BCUT2D eigenvalue weighted by Crippen LogP contribution is -2.48. The van der Waals surface area contributed by atoms with E-state index in [0.29, 0.717) is 17.1 Å². The largest absolute Gasteiger partial charge is 0.454 e. The van der Waals surface area contributed by atoms with Crippen LogP contribution in [0.15, 0.2) is 18.2 Å². The van der Waals surface area contributed by atoms with Gasteiger partial charge in [-0.25, -0.2) is 4.79 Å². The molecule has 1 atom stereocenters. The molecule has 134 valence electrons. The number of benzene rings is 1. The Morgan fingerprint density at radius 3 is 2.64 bits per heavy atom. The molecule has 2 aliphatic rings. The zero-order valence-electron chi connectivity index (χ0n) is 14.6. The van der Waals surface area contributed by atoms with Crippen molar-refractivity contribution >= 4 is 17.8 Å². The molecular weight excluding hydrogens is 326 g/mol. The quantitative estimate of drug-likeness (QED) is 0.798. The van der Waals surface area contributed by atoms with Crippen LogP contribution in [0.25, 0.3) is 0 Å². The van der Waals surface area contributed by atoms with E-state index in [1.54, 1.807) is 25.1 Å². The first-order valence-electron chi connectivity index (χ1n) is 7.95. The summed E-state index contributed by atoms with van der Waals surface area (Å²) in [6.07, 6.45) is 0. The Morgan fingerprint density at radius 2 is 1.96 bits per heavy atom. The highest BCUT2D eigenvalue weighted by Gasteiger charge is 2.50. The fourth-order valence-corrected chi connectivity index (χ4v) is 2.85. The molecule has 0 aliphatic carbocycles. The number of ether oxygens (including phenoxy) is 2. The minimum Gasteiger partial charge on any atom is -0.454 e. The Labute approximate surface area is 145 Å². The molecule has 2 heterocycles. The molecule has 1 unspecified atom stereocenters. The molecule has 1 saturated heterocycles. The maximum Gasteiger partial charge on any atom is 0.325 e. The molecular formula is C17H21N3O5. The number of carbonyl (C=O) groups excluding carboxylic acids is 3. The minimum absolute atomic E-state index is 0.120. The van der Waals surface area contributed by atoms with Crippen LogP contribution in [-0.4, -0.2) is 41.6 Å². The normalized spacial score (nSPS) is 22.2. The number of rotatable bonds is 3. The van der Waals surface area contributed by atoms with Gasteiger partial charge in [0, 0.05) is 5.54 Å². The first kappa shape index (κ1) is 17.1. The van der Waals surface area contributed by atoms with Crippen LogP contribution in [0.5, 0.6) is 11.5 Å². The summed E-state index contributed by atoms with van der Waals surface area (Å²) in [7, 11) is 0. The van der Waals surface area contributed by atoms with E-state index in [2.05, 4.69) is 10.6 Å². The second kappa shape index (κ2) is 5.65. The summed E-state index contributed by atoms with van der Waals surface area (Å²) >= 11 is 0. The lowest BCUT2D eigenvalue weighted by atomic mass is 9.91. The number of hydrogen-bond donors (Lipinski definition) is 2. The van der Waals surface area contributed by atoms with E-state index < -0.39 is 28.9 Å². The van der Waals surface area contributed by atoms with Gasteiger partial charge in [0.15, 0.2) is 11.5 Å². The van der Waals surface area contributed by atoms with Gasteiger partial charge < -0.3 is 20.1 Å². The van der Waals surface area contributed by atoms with E-state index in [0.717, 1.165) is 4.90 Å². The van der Waals surface area contributed by atoms with Crippen molar-refractivity contribution < 1.29 is 23.9 Å². The summed E-state index contributed by atoms with van der Waals surface area (Å²) in [5, 5.41) is 5.41. The van der Waals surface area contributed by atoms with Gasteiger partial charge in [-0.2, -0.15) is 0 Å². The highest BCUT2D eigenvalue weighted by molar-refractivity contribution is 6.09. The van der Waals surface area contributed by atoms with Gasteiger partial charge in [0.05, 0.1) is 0 Å². The molecule has 1 aromatic carbocycles. The Hall–Kier alpha value is -2.77. The SMILES string of the molecule is CC(C)(C)NC(=O)CN1C(=O)NC(C)(c2ccc3c(c2)OCO3)C1=O. The van der Waals surface area contributed by atoms with Crippen LogP contribution >= 0.6 is 0 Å². The maximum atomic E-state index is 12.8. The highest BCUT2D eigenvalue weighted by Crippen LogP contribution is 2.37. The first-order chi connectivity index (χ1) is 11.6. The number of hydrogen-bond acceptors (Lipinski definition) is 5. The van der Waals surface area contributed by atoms with E-state index in [9.17, 15) is 14.4 Å². The number of imide groups is 1. The average molecular weight is 347 g/mol. The molecule has 1 aromatic rings. The van der Waals surface area contributed by atoms with Gasteiger partial charge in [-0.05, 0) is 45.4 Å². The second-order valence-electron chi connectivity index (χ2n) is 7.31. The Morgan fingerprint density at radius 1 is 1.28 bits per heavy atom. The molecule has 0 saturated carbocycles. The average Bonchev–Trinajstić information content (AvgIpc) is 3.04. The lowest BCUT2D eigenvalue weighted by molar-refractivity contribution is -0.135. The van der Waals surface area contributed by atoms with Crippen molar-refractivity contribution in [3.63, 3.8) is 0 Å². The summed E-state index contributed by atoms with van der Waals surface area (Å²) < 4.78 is 10.6. The molecule has 4 amide bonds. The Bertz CT molecular complexity index is 755. The molecule has 8 heteroatoms. The molecule has 8 nitrogen and oxygen atoms in total. The van der Waals surface area contributed by atoms with Crippen molar-refractivity contribution in [1.29, 1.82) is 0 Å². The van der Waals surface area contributed by atoms with Crippen LogP contribution in [-0.2, 0) is 15.1 Å². The van der Waals surface area contributed by atoms with Crippen molar-refractivity contribution in [2.75, 3.05) is 13.3 Å². The van der Waals surface area contributed by atoms with Crippen LogP contribution in [0.4, 0.5) is 4.79 Å². The van der Waals surface area contributed by atoms with Crippen molar-refractivity contribution in [1.82, 2.24) is 15.5 Å². The molecule has 1 fully saturated rings. The fraction of sp³-hybridized carbons (Fsp3) is 0.471. The molecule has 25 heavy (non-hydrogen) atoms. The predicted octanol–water partition coefficient (Wildman–Crippen LogP) is 1.10. The number of nitrogens with zero attached hydrogens (tertiary/aromatic N) is 1. The van der Waals surface area contributed by atoms with Gasteiger partial charge in [0.25, 0.3) is 5.91 Å². The van der Waals surface area contributed by atoms with E-state index in [1.165, 1.54) is 0 Å². The van der Waals surface area contributed by atoms with Crippen LogP contribution in [0.3, 0.4) is 0 Å². The standard InChI is InChI=1S/C17H21N3O5/c1-16(2,3)18-13(21)8-20-14(22)17(4,19-15(20)23)10-5-6-11-12(7-10)25-9-24-11/h5-7H,8-9H2,1-4H3,(H,18,21)(H,19,23). The van der Waals surface area contributed by atoms with Gasteiger partial charge in [0.1, 0.15) is 12.1 Å². The maximum absolute atomic E-state index is 12.8. The van der Waals surface area contributed by atoms with Crippen molar-refractivity contribution in [2.24, 2.45) is 0 Å². The summed E-state index contributed by atoms with van der Waals surface area (Å²) in [4.78, 5) is 38.1. The number of amides is 4. The van der Waals surface area contributed by atoms with Crippen molar-refractivity contribution in [3.05, 3.63) is 23.8 Å². The van der Waals surface area contributed by atoms with Gasteiger partial charge in [-0.15, -0.1) is 0 Å². The molecule has 3 rings (SSSR count). The predicted molar refractivity (Wildman–Crippen MR) is 88.1 cm³/mol. The Kier molecular flexibility index (Phi) is 3.85. The molecule has 0 radical (unpaired) electrons. The molecule has 0 spiro atoms. The summed E-state index contributed by atoms with van der Waals surface area (Å²) in [6, 6.07) is 4.45. The van der Waals surface area contributed by atoms with Gasteiger partial charge >= 0.3 is 6.03 Å². The zero-order valence-corrected chi connectivity index (χ0v) is 14.6. The van der Waals surface area contributed by atoms with E-state index >= 15 is 0 Å². The van der Waals surface area contributed by atoms with Crippen molar-refractivity contribution in [2.45, 2.75) is 38.8 Å². The van der Waals surface area contributed by atoms with Crippen LogP contribution in [0.1, 0.15) is 33.3 Å². The van der Waals surface area contributed by atoms with Gasteiger partial charge in [-0.1, -0.05) is 6.07 Å². The molecule has 0 bridgehead atoms.